The van der Waals surface area contributed by atoms with E-state index in [0.717, 1.165) is 4.90 Å². The maximum atomic E-state index is 11.9. The molecule has 20 heavy (non-hydrogen) atoms. The Kier molecular flexibility index (Phi) is 5.31. The first kappa shape index (κ1) is 16.2. The molecule has 7 nitrogen and oxygen atoms in total. The summed E-state index contributed by atoms with van der Waals surface area (Å²) >= 11 is 0. The quantitative estimate of drug-likeness (QED) is 0.674. The molecule has 1 unspecified atom stereocenters. The van der Waals surface area contributed by atoms with Crippen molar-refractivity contribution >= 4 is 17.8 Å². The molecule has 0 aliphatic carbocycles. The van der Waals surface area contributed by atoms with Crippen LogP contribution < -0.4 is 5.32 Å². The van der Waals surface area contributed by atoms with Crippen molar-refractivity contribution in [3.05, 3.63) is 0 Å². The van der Waals surface area contributed by atoms with Gasteiger partial charge in [0.2, 0.25) is 11.8 Å². The van der Waals surface area contributed by atoms with Crippen molar-refractivity contribution in [3.63, 3.8) is 0 Å². The van der Waals surface area contributed by atoms with Gasteiger partial charge in [-0.25, -0.2) is 4.79 Å². The number of carbonyl (C=O) groups is 3. The van der Waals surface area contributed by atoms with Gasteiger partial charge in [-0.05, 0) is 0 Å². The molecule has 0 aromatic rings. The van der Waals surface area contributed by atoms with Gasteiger partial charge in [0, 0.05) is 6.54 Å². The summed E-state index contributed by atoms with van der Waals surface area (Å²) in [4.78, 5) is 34.6. The van der Waals surface area contributed by atoms with Crippen LogP contribution in [0, 0.1) is 0 Å². The second-order valence-electron chi connectivity index (χ2n) is 4.11. The number of carbonyl (C=O) groups excluding carboxylic acids is 2. The van der Waals surface area contributed by atoms with Crippen LogP contribution in [0.4, 0.5) is 13.2 Å². The van der Waals surface area contributed by atoms with Crippen molar-refractivity contribution in [2.75, 3.05) is 26.2 Å². The van der Waals surface area contributed by atoms with Crippen LogP contribution in [-0.4, -0.2) is 66.3 Å². The molecule has 2 amide bonds. The first-order valence-electron chi connectivity index (χ1n) is 5.64. The number of amides is 2. The number of morpholine rings is 1. The Hall–Kier alpha value is -1.84. The Morgan fingerprint density at radius 2 is 2.00 bits per heavy atom. The highest BCUT2D eigenvalue weighted by Crippen LogP contribution is 2.12. The van der Waals surface area contributed by atoms with Gasteiger partial charge in [-0.15, -0.1) is 0 Å². The van der Waals surface area contributed by atoms with E-state index in [1.54, 1.807) is 5.32 Å². The molecule has 1 heterocycles. The summed E-state index contributed by atoms with van der Waals surface area (Å²) in [5.41, 5.74) is 0. The first-order chi connectivity index (χ1) is 9.19. The molecular weight excluding hydrogens is 285 g/mol. The molecular formula is C10H13F3N2O5. The van der Waals surface area contributed by atoms with Crippen LogP contribution in [0.15, 0.2) is 0 Å². The minimum absolute atomic E-state index is 0.00707. The average Bonchev–Trinajstić information content (AvgIpc) is 2.35. The lowest BCUT2D eigenvalue weighted by molar-refractivity contribution is -0.160. The summed E-state index contributed by atoms with van der Waals surface area (Å²) in [7, 11) is 0. The Bertz CT molecular complexity index is 399. The standard InChI is InChI=1S/C10H13F3N2O5/c11-10(12,13)5-14-7(16)3-8(17)15-1-2-20-6(4-15)9(18)19/h6H,1-5H2,(H,14,16)(H,18,19). The van der Waals surface area contributed by atoms with Crippen molar-refractivity contribution in [1.82, 2.24) is 10.2 Å². The Balaban J connectivity index is 2.42. The van der Waals surface area contributed by atoms with E-state index in [9.17, 15) is 27.6 Å². The topological polar surface area (TPSA) is 95.9 Å². The smallest absolute Gasteiger partial charge is 0.405 e. The van der Waals surface area contributed by atoms with Crippen LogP contribution in [0.2, 0.25) is 0 Å². The number of ether oxygens (including phenoxy) is 1. The zero-order valence-electron chi connectivity index (χ0n) is 10.3. The molecule has 0 radical (unpaired) electrons. The number of hydrogen-bond donors (Lipinski definition) is 2. The molecule has 0 aromatic carbocycles. The van der Waals surface area contributed by atoms with E-state index >= 15 is 0 Å². The van der Waals surface area contributed by atoms with Crippen molar-refractivity contribution in [2.24, 2.45) is 0 Å². The van der Waals surface area contributed by atoms with E-state index < -0.39 is 43.0 Å². The molecule has 0 spiro atoms. The molecule has 0 aromatic heterocycles. The van der Waals surface area contributed by atoms with Gasteiger partial charge in [-0.2, -0.15) is 13.2 Å². The van der Waals surface area contributed by atoms with Gasteiger partial charge in [0.05, 0.1) is 13.2 Å². The molecule has 114 valence electrons. The summed E-state index contributed by atoms with van der Waals surface area (Å²) in [6, 6.07) is 0. The number of rotatable bonds is 4. The summed E-state index contributed by atoms with van der Waals surface area (Å²) in [5.74, 6) is -3.05. The lowest BCUT2D eigenvalue weighted by Crippen LogP contribution is -2.49. The maximum Gasteiger partial charge on any atom is 0.405 e. The monoisotopic (exact) mass is 298 g/mol. The third-order valence-corrected chi connectivity index (χ3v) is 2.49. The minimum atomic E-state index is -4.55. The van der Waals surface area contributed by atoms with Gasteiger partial charge in [0.15, 0.2) is 6.10 Å². The van der Waals surface area contributed by atoms with Crippen molar-refractivity contribution in [3.8, 4) is 0 Å². The van der Waals surface area contributed by atoms with Crippen molar-refractivity contribution in [2.45, 2.75) is 18.7 Å². The Morgan fingerprint density at radius 3 is 2.55 bits per heavy atom. The SMILES string of the molecule is O=C(CC(=O)N1CCOC(C(=O)O)C1)NCC(F)(F)F. The van der Waals surface area contributed by atoms with Crippen molar-refractivity contribution in [1.29, 1.82) is 0 Å². The van der Waals surface area contributed by atoms with Gasteiger partial charge < -0.3 is 20.1 Å². The molecule has 1 aliphatic heterocycles. The fourth-order valence-corrected chi connectivity index (χ4v) is 1.54. The Morgan fingerprint density at radius 1 is 1.35 bits per heavy atom. The van der Waals surface area contributed by atoms with Gasteiger partial charge in [0.1, 0.15) is 13.0 Å². The van der Waals surface area contributed by atoms with Gasteiger partial charge in [0.25, 0.3) is 0 Å². The molecule has 1 atom stereocenters. The maximum absolute atomic E-state index is 11.9. The van der Waals surface area contributed by atoms with E-state index in [2.05, 4.69) is 0 Å². The third kappa shape index (κ3) is 5.43. The van der Waals surface area contributed by atoms with E-state index in [1.165, 1.54) is 0 Å². The van der Waals surface area contributed by atoms with Crippen LogP contribution in [0.25, 0.3) is 0 Å². The third-order valence-electron chi connectivity index (χ3n) is 2.49. The van der Waals surface area contributed by atoms with Crippen LogP contribution in [-0.2, 0) is 19.1 Å². The molecule has 1 saturated heterocycles. The molecule has 10 heteroatoms. The number of nitrogens with zero attached hydrogens (tertiary/aromatic N) is 1. The highest BCUT2D eigenvalue weighted by molar-refractivity contribution is 5.97. The number of carboxylic acids is 1. The fourth-order valence-electron chi connectivity index (χ4n) is 1.54. The minimum Gasteiger partial charge on any atom is -0.479 e. The van der Waals surface area contributed by atoms with Crippen LogP contribution in [0.5, 0.6) is 0 Å². The lowest BCUT2D eigenvalue weighted by atomic mass is 10.2. The second-order valence-corrected chi connectivity index (χ2v) is 4.11. The number of alkyl halides is 3. The zero-order valence-corrected chi connectivity index (χ0v) is 10.3. The molecule has 2 N–H and O–H groups in total. The van der Waals surface area contributed by atoms with Gasteiger partial charge in [-0.1, -0.05) is 0 Å². The summed E-state index contributed by atoms with van der Waals surface area (Å²) in [6.45, 7) is -1.66. The molecule has 1 rings (SSSR count). The summed E-state index contributed by atoms with van der Waals surface area (Å²) in [5, 5.41) is 10.3. The van der Waals surface area contributed by atoms with Gasteiger partial charge in [-0.3, -0.25) is 9.59 Å². The van der Waals surface area contributed by atoms with E-state index in [1.807, 2.05) is 0 Å². The van der Waals surface area contributed by atoms with Crippen LogP contribution in [0.3, 0.4) is 0 Å². The van der Waals surface area contributed by atoms with Crippen molar-refractivity contribution < 1.29 is 37.4 Å². The molecule has 1 aliphatic rings. The largest absolute Gasteiger partial charge is 0.479 e. The average molecular weight is 298 g/mol. The predicted octanol–water partition coefficient (Wildman–Crippen LogP) is -0.633. The van der Waals surface area contributed by atoms with Crippen LogP contribution in [0.1, 0.15) is 6.42 Å². The second kappa shape index (κ2) is 6.55. The van der Waals surface area contributed by atoms with E-state index in [0.29, 0.717) is 0 Å². The Labute approximate surface area is 111 Å². The predicted molar refractivity (Wildman–Crippen MR) is 57.6 cm³/mol. The highest BCUT2D eigenvalue weighted by Gasteiger charge is 2.31. The fraction of sp³-hybridized carbons (Fsp3) is 0.700. The molecule has 1 fully saturated rings. The number of carboxylic acid groups (broad SMARTS) is 1. The number of hydrogen-bond acceptors (Lipinski definition) is 4. The van der Waals surface area contributed by atoms with E-state index in [4.69, 9.17) is 9.84 Å². The molecule has 0 saturated carbocycles. The van der Waals surface area contributed by atoms with E-state index in [-0.39, 0.29) is 19.7 Å². The highest BCUT2D eigenvalue weighted by atomic mass is 19.4. The number of halogens is 3. The number of aliphatic carboxylic acids is 1. The summed E-state index contributed by atoms with van der Waals surface area (Å²) < 4.78 is 40.4. The van der Waals surface area contributed by atoms with Crippen LogP contribution >= 0.6 is 0 Å². The first-order valence-corrected chi connectivity index (χ1v) is 5.64. The number of nitrogens with one attached hydrogen (secondary N) is 1. The normalized spacial score (nSPS) is 19.6. The molecule has 0 bridgehead atoms. The zero-order chi connectivity index (χ0) is 15.3. The van der Waals surface area contributed by atoms with Gasteiger partial charge >= 0.3 is 12.1 Å². The lowest BCUT2D eigenvalue weighted by Gasteiger charge is -2.30. The summed E-state index contributed by atoms with van der Waals surface area (Å²) in [6.07, 6.45) is -6.50.